The van der Waals surface area contributed by atoms with Crippen LogP contribution in [0.2, 0.25) is 0 Å². The third kappa shape index (κ3) is 3.98. The van der Waals surface area contributed by atoms with E-state index in [4.69, 9.17) is 14.2 Å². The molecule has 20 heavy (non-hydrogen) atoms. The maximum atomic E-state index is 12.0. The minimum Gasteiger partial charge on any atom is -0.467 e. The lowest BCUT2D eigenvalue weighted by molar-refractivity contribution is -0.149. The molecule has 0 radical (unpaired) electrons. The Morgan fingerprint density at radius 1 is 1.35 bits per heavy atom. The molecule has 0 amide bonds. The van der Waals surface area contributed by atoms with Crippen molar-refractivity contribution in [3.8, 4) is 0 Å². The maximum Gasteiger partial charge on any atom is 0.334 e. The van der Waals surface area contributed by atoms with Crippen LogP contribution in [-0.4, -0.2) is 25.0 Å². The van der Waals surface area contributed by atoms with E-state index < -0.39 is 0 Å². The van der Waals surface area contributed by atoms with Crippen LogP contribution in [0.25, 0.3) is 0 Å². The number of carbonyl (C=O) groups is 1. The molecule has 2 fully saturated rings. The molecule has 0 bridgehead atoms. The number of hydrogen-bond donors (Lipinski definition) is 0. The molecule has 1 saturated heterocycles. The molecule has 114 valence electrons. The van der Waals surface area contributed by atoms with E-state index >= 15 is 0 Å². The molecule has 0 aromatic heterocycles. The van der Waals surface area contributed by atoms with E-state index in [1.165, 1.54) is 12.5 Å². The highest BCUT2D eigenvalue weighted by Gasteiger charge is 2.33. The van der Waals surface area contributed by atoms with Crippen LogP contribution in [0.15, 0.2) is 11.8 Å². The molecule has 0 aromatic carbocycles. The van der Waals surface area contributed by atoms with Gasteiger partial charge in [-0.25, -0.2) is 4.79 Å². The van der Waals surface area contributed by atoms with Crippen LogP contribution in [0.3, 0.4) is 0 Å². The Kier molecular flexibility index (Phi) is 5.08. The second-order valence-electron chi connectivity index (χ2n) is 6.41. The van der Waals surface area contributed by atoms with Crippen molar-refractivity contribution in [2.24, 2.45) is 17.8 Å². The summed E-state index contributed by atoms with van der Waals surface area (Å²) in [6, 6.07) is 0. The Morgan fingerprint density at radius 3 is 2.70 bits per heavy atom. The van der Waals surface area contributed by atoms with Crippen molar-refractivity contribution >= 4 is 5.97 Å². The summed E-state index contributed by atoms with van der Waals surface area (Å²) < 4.78 is 16.3. The summed E-state index contributed by atoms with van der Waals surface area (Å²) in [5.41, 5.74) is 0. The van der Waals surface area contributed by atoms with Gasteiger partial charge in [-0.2, -0.15) is 0 Å². The fourth-order valence-electron chi connectivity index (χ4n) is 3.12. The van der Waals surface area contributed by atoms with Gasteiger partial charge in [0.25, 0.3) is 0 Å². The minimum atomic E-state index is -0.303. The van der Waals surface area contributed by atoms with E-state index in [2.05, 4.69) is 20.8 Å². The zero-order chi connectivity index (χ0) is 14.7. The van der Waals surface area contributed by atoms with Gasteiger partial charge in [0.2, 0.25) is 0 Å². The van der Waals surface area contributed by atoms with Crippen molar-refractivity contribution in [2.75, 3.05) is 6.61 Å². The van der Waals surface area contributed by atoms with Crippen LogP contribution in [-0.2, 0) is 19.0 Å². The second kappa shape index (κ2) is 6.61. The molecule has 1 aliphatic carbocycles. The third-order valence-electron chi connectivity index (χ3n) is 4.29. The largest absolute Gasteiger partial charge is 0.467 e. The van der Waals surface area contributed by atoms with Gasteiger partial charge in [-0.05, 0) is 37.5 Å². The van der Waals surface area contributed by atoms with Crippen molar-refractivity contribution in [2.45, 2.75) is 59.4 Å². The Morgan fingerprint density at radius 2 is 2.10 bits per heavy atom. The lowest BCUT2D eigenvalue weighted by Gasteiger charge is -2.36. The lowest BCUT2D eigenvalue weighted by atomic mass is 9.75. The van der Waals surface area contributed by atoms with Gasteiger partial charge >= 0.3 is 5.97 Å². The van der Waals surface area contributed by atoms with Gasteiger partial charge < -0.3 is 14.2 Å². The molecule has 2 aliphatic rings. The third-order valence-corrected chi connectivity index (χ3v) is 4.29. The fourth-order valence-corrected chi connectivity index (χ4v) is 3.12. The van der Waals surface area contributed by atoms with Crippen LogP contribution in [0.1, 0.15) is 47.0 Å². The summed E-state index contributed by atoms with van der Waals surface area (Å²) in [5.74, 6) is 1.89. The van der Waals surface area contributed by atoms with Gasteiger partial charge in [0.15, 0.2) is 6.29 Å². The molecule has 1 unspecified atom stereocenters. The average Bonchev–Trinajstić information content (AvgIpc) is 2.74. The number of ether oxygens (including phenoxy) is 3. The monoisotopic (exact) mass is 282 g/mol. The Balaban J connectivity index is 1.94. The SMILES string of the molecule is CC1OC/C(=C/C(=O)O[C@@H]2C[C@H](C)CC[C@H]2C(C)C)O1. The van der Waals surface area contributed by atoms with Crippen LogP contribution in [0.4, 0.5) is 0 Å². The topological polar surface area (TPSA) is 44.8 Å². The summed E-state index contributed by atoms with van der Waals surface area (Å²) in [6.07, 6.45) is 4.53. The molecular weight excluding hydrogens is 256 g/mol. The van der Waals surface area contributed by atoms with Crippen molar-refractivity contribution in [3.63, 3.8) is 0 Å². The highest BCUT2D eigenvalue weighted by atomic mass is 16.7. The number of rotatable bonds is 3. The molecular formula is C16H26O4. The van der Waals surface area contributed by atoms with Crippen LogP contribution in [0.5, 0.6) is 0 Å². The van der Waals surface area contributed by atoms with Gasteiger partial charge in [-0.1, -0.05) is 27.2 Å². The Labute approximate surface area is 121 Å². The standard InChI is InChI=1S/C16H26O4/c1-10(2)14-6-5-11(3)7-15(14)20-16(17)8-13-9-18-12(4)19-13/h8,10-12,14-15H,5-7,9H2,1-4H3/b13-8-/t11-,12?,14+,15-/m1/s1. The van der Waals surface area contributed by atoms with E-state index in [-0.39, 0.29) is 18.4 Å². The second-order valence-corrected chi connectivity index (χ2v) is 6.41. The zero-order valence-electron chi connectivity index (χ0n) is 12.9. The highest BCUT2D eigenvalue weighted by Crippen LogP contribution is 2.35. The van der Waals surface area contributed by atoms with Gasteiger partial charge in [-0.15, -0.1) is 0 Å². The molecule has 4 heteroatoms. The predicted molar refractivity (Wildman–Crippen MR) is 75.8 cm³/mol. The van der Waals surface area contributed by atoms with E-state index in [0.29, 0.717) is 30.1 Å². The van der Waals surface area contributed by atoms with Crippen molar-refractivity contribution in [1.82, 2.24) is 0 Å². The summed E-state index contributed by atoms with van der Waals surface area (Å²) in [6.45, 7) is 8.80. The van der Waals surface area contributed by atoms with E-state index in [1.54, 1.807) is 0 Å². The molecule has 0 N–H and O–H groups in total. The zero-order valence-corrected chi connectivity index (χ0v) is 12.9. The molecule has 0 aromatic rings. The summed E-state index contributed by atoms with van der Waals surface area (Å²) >= 11 is 0. The van der Waals surface area contributed by atoms with Crippen molar-refractivity contribution in [3.05, 3.63) is 11.8 Å². The molecule has 1 heterocycles. The van der Waals surface area contributed by atoms with E-state index in [1.807, 2.05) is 6.92 Å². The molecule has 1 saturated carbocycles. The maximum absolute atomic E-state index is 12.0. The average molecular weight is 282 g/mol. The first-order chi connectivity index (χ1) is 9.45. The highest BCUT2D eigenvalue weighted by molar-refractivity contribution is 5.82. The Bertz CT molecular complexity index is 375. The fraction of sp³-hybridized carbons (Fsp3) is 0.812. The summed E-state index contributed by atoms with van der Waals surface area (Å²) in [4.78, 5) is 12.0. The smallest absolute Gasteiger partial charge is 0.334 e. The first-order valence-electron chi connectivity index (χ1n) is 7.65. The minimum absolute atomic E-state index is 0.0304. The van der Waals surface area contributed by atoms with Gasteiger partial charge in [0.05, 0.1) is 6.08 Å². The molecule has 1 aliphatic heterocycles. The summed E-state index contributed by atoms with van der Waals surface area (Å²) in [5, 5.41) is 0. The molecule has 2 rings (SSSR count). The quantitative estimate of drug-likeness (QED) is 0.588. The van der Waals surface area contributed by atoms with Crippen LogP contribution in [0, 0.1) is 17.8 Å². The number of carbonyl (C=O) groups excluding carboxylic acids is 1. The summed E-state index contributed by atoms with van der Waals surface area (Å²) in [7, 11) is 0. The lowest BCUT2D eigenvalue weighted by Crippen LogP contribution is -2.35. The van der Waals surface area contributed by atoms with Gasteiger partial charge in [-0.3, -0.25) is 0 Å². The van der Waals surface area contributed by atoms with Gasteiger partial charge in [0, 0.05) is 0 Å². The first-order valence-corrected chi connectivity index (χ1v) is 7.65. The van der Waals surface area contributed by atoms with E-state index in [9.17, 15) is 4.79 Å². The van der Waals surface area contributed by atoms with Crippen molar-refractivity contribution in [1.29, 1.82) is 0 Å². The van der Waals surface area contributed by atoms with Crippen LogP contribution < -0.4 is 0 Å². The van der Waals surface area contributed by atoms with E-state index in [0.717, 1.165) is 12.8 Å². The molecule has 4 nitrogen and oxygen atoms in total. The number of esters is 1. The molecule has 4 atom stereocenters. The van der Waals surface area contributed by atoms with Crippen LogP contribution >= 0.6 is 0 Å². The predicted octanol–water partition coefficient (Wildman–Crippen LogP) is 3.27. The Hall–Kier alpha value is -1.03. The molecule has 0 spiro atoms. The number of hydrogen-bond acceptors (Lipinski definition) is 4. The van der Waals surface area contributed by atoms with Crippen molar-refractivity contribution < 1.29 is 19.0 Å². The first kappa shape index (κ1) is 15.4. The van der Waals surface area contributed by atoms with Gasteiger partial charge in [0.1, 0.15) is 18.5 Å². The normalized spacial score (nSPS) is 36.1.